The molecular weight excluding hydrogens is 314 g/mol. The van der Waals surface area contributed by atoms with Crippen molar-refractivity contribution in [1.82, 2.24) is 20.3 Å². The van der Waals surface area contributed by atoms with Gasteiger partial charge in [0.15, 0.2) is 0 Å². The van der Waals surface area contributed by atoms with Crippen molar-refractivity contribution in [3.8, 4) is 11.8 Å². The monoisotopic (exact) mass is 333 g/mol. The van der Waals surface area contributed by atoms with Gasteiger partial charge in [0.1, 0.15) is 0 Å². The second-order valence-corrected chi connectivity index (χ2v) is 5.82. The number of aliphatic hydroxyl groups excluding tert-OH is 1. The number of benzene rings is 2. The maximum absolute atomic E-state index is 10.3. The average Bonchev–Trinajstić information content (AvgIpc) is 3.21. The third-order valence-corrected chi connectivity index (χ3v) is 4.12. The van der Waals surface area contributed by atoms with Crippen LogP contribution < -0.4 is 5.32 Å². The lowest BCUT2D eigenvalue weighted by Crippen LogP contribution is -2.24. The summed E-state index contributed by atoms with van der Waals surface area (Å²) in [7, 11) is 0. The van der Waals surface area contributed by atoms with Gasteiger partial charge in [0.05, 0.1) is 35.8 Å². The summed E-state index contributed by atoms with van der Waals surface area (Å²) in [6, 6.07) is 17.2. The molecule has 0 fully saturated rings. The van der Waals surface area contributed by atoms with Crippen molar-refractivity contribution in [3.63, 3.8) is 0 Å². The molecular formula is C19H19N5O. The molecule has 2 atom stereocenters. The lowest BCUT2D eigenvalue weighted by molar-refractivity contribution is 0.171. The molecule has 0 aliphatic carbocycles. The Kier molecular flexibility index (Phi) is 5.19. The predicted molar refractivity (Wildman–Crippen MR) is 93.9 cm³/mol. The summed E-state index contributed by atoms with van der Waals surface area (Å²) in [5.41, 5.74) is 3.45. The zero-order valence-corrected chi connectivity index (χ0v) is 13.9. The summed E-state index contributed by atoms with van der Waals surface area (Å²) in [5.74, 6) is 0. The van der Waals surface area contributed by atoms with Gasteiger partial charge >= 0.3 is 0 Å². The van der Waals surface area contributed by atoms with Gasteiger partial charge in [-0.15, -0.1) is 5.10 Å². The number of aromatic nitrogens is 3. The van der Waals surface area contributed by atoms with E-state index in [0.29, 0.717) is 12.1 Å². The Bertz CT molecular complexity index is 835. The molecule has 0 saturated heterocycles. The lowest BCUT2D eigenvalue weighted by atomic mass is 10.1. The maximum Gasteiger partial charge on any atom is 0.0991 e. The van der Waals surface area contributed by atoms with Crippen molar-refractivity contribution in [2.75, 3.05) is 6.54 Å². The second-order valence-electron chi connectivity index (χ2n) is 5.82. The molecule has 1 aromatic heterocycles. The number of hydrogen-bond acceptors (Lipinski definition) is 5. The first-order chi connectivity index (χ1) is 12.2. The van der Waals surface area contributed by atoms with Crippen molar-refractivity contribution >= 4 is 0 Å². The Morgan fingerprint density at radius 1 is 1.12 bits per heavy atom. The third kappa shape index (κ3) is 4.10. The van der Waals surface area contributed by atoms with E-state index in [4.69, 9.17) is 5.26 Å². The first-order valence-corrected chi connectivity index (χ1v) is 8.05. The number of aliphatic hydroxyl groups is 1. The van der Waals surface area contributed by atoms with E-state index in [-0.39, 0.29) is 6.04 Å². The topological polar surface area (TPSA) is 86.8 Å². The molecule has 6 nitrogen and oxygen atoms in total. The van der Waals surface area contributed by atoms with Gasteiger partial charge in [-0.05, 0) is 42.3 Å². The first kappa shape index (κ1) is 16.8. The van der Waals surface area contributed by atoms with Crippen LogP contribution in [0.5, 0.6) is 0 Å². The molecule has 0 bridgehead atoms. The molecule has 2 aromatic carbocycles. The minimum Gasteiger partial charge on any atom is -0.387 e. The summed E-state index contributed by atoms with van der Waals surface area (Å²) in [6.45, 7) is 2.48. The zero-order valence-electron chi connectivity index (χ0n) is 13.9. The Balaban J connectivity index is 1.58. The van der Waals surface area contributed by atoms with Gasteiger partial charge in [-0.1, -0.05) is 29.5 Å². The molecule has 3 rings (SSSR count). The van der Waals surface area contributed by atoms with Crippen molar-refractivity contribution in [3.05, 3.63) is 77.6 Å². The molecule has 25 heavy (non-hydrogen) atoms. The van der Waals surface area contributed by atoms with Crippen LogP contribution in [0.25, 0.3) is 5.69 Å². The van der Waals surface area contributed by atoms with Crippen LogP contribution in [-0.2, 0) is 0 Å². The van der Waals surface area contributed by atoms with Crippen LogP contribution in [0.15, 0.2) is 60.9 Å². The van der Waals surface area contributed by atoms with Gasteiger partial charge in [0, 0.05) is 12.6 Å². The molecule has 2 N–H and O–H groups in total. The van der Waals surface area contributed by atoms with Crippen molar-refractivity contribution in [2.24, 2.45) is 0 Å². The lowest BCUT2D eigenvalue weighted by Gasteiger charge is -2.18. The van der Waals surface area contributed by atoms with Gasteiger partial charge < -0.3 is 10.4 Å². The van der Waals surface area contributed by atoms with Crippen LogP contribution in [-0.4, -0.2) is 26.6 Å². The third-order valence-electron chi connectivity index (χ3n) is 4.12. The first-order valence-electron chi connectivity index (χ1n) is 8.05. The quantitative estimate of drug-likeness (QED) is 0.724. The predicted octanol–water partition coefficient (Wildman–Crippen LogP) is 2.52. The van der Waals surface area contributed by atoms with Crippen molar-refractivity contribution in [2.45, 2.75) is 19.1 Å². The summed E-state index contributed by atoms with van der Waals surface area (Å²) in [5, 5.41) is 30.2. The number of nitrogens with zero attached hydrogens (tertiary/aromatic N) is 4. The highest BCUT2D eigenvalue weighted by Gasteiger charge is 2.11. The molecule has 2 unspecified atom stereocenters. The Morgan fingerprint density at radius 3 is 2.40 bits per heavy atom. The van der Waals surface area contributed by atoms with E-state index in [2.05, 4.69) is 28.6 Å². The standard InChI is InChI=1S/C19H19N5O/c1-14(16-6-8-18(9-7-16)24-11-10-22-23-24)21-13-19(25)17-4-2-15(12-20)3-5-17/h2-11,14,19,21,25H,13H2,1H3. The van der Waals surface area contributed by atoms with Gasteiger partial charge in [-0.3, -0.25) is 0 Å². The van der Waals surface area contributed by atoms with Gasteiger partial charge in [0.25, 0.3) is 0 Å². The van der Waals surface area contributed by atoms with E-state index in [1.165, 1.54) is 0 Å². The van der Waals surface area contributed by atoms with Crippen molar-refractivity contribution in [1.29, 1.82) is 5.26 Å². The number of rotatable bonds is 6. The molecule has 0 aliphatic rings. The molecule has 6 heteroatoms. The Labute approximate surface area is 146 Å². The minimum absolute atomic E-state index is 0.0952. The molecule has 0 saturated carbocycles. The molecule has 126 valence electrons. The molecule has 0 radical (unpaired) electrons. The highest BCUT2D eigenvalue weighted by molar-refractivity contribution is 5.35. The molecule has 0 spiro atoms. The SMILES string of the molecule is CC(NCC(O)c1ccc(C#N)cc1)c1ccc(-n2ccnn2)cc1. The minimum atomic E-state index is -0.621. The fraction of sp³-hybridized carbons (Fsp3) is 0.211. The van der Waals surface area contributed by atoms with Crippen LogP contribution >= 0.6 is 0 Å². The van der Waals surface area contributed by atoms with E-state index >= 15 is 0 Å². The number of nitriles is 1. The highest BCUT2D eigenvalue weighted by atomic mass is 16.3. The van der Waals surface area contributed by atoms with Gasteiger partial charge in [0.2, 0.25) is 0 Å². The number of nitrogens with one attached hydrogen (secondary N) is 1. The molecule has 0 amide bonds. The van der Waals surface area contributed by atoms with E-state index in [1.54, 1.807) is 41.3 Å². The fourth-order valence-corrected chi connectivity index (χ4v) is 2.57. The van der Waals surface area contributed by atoms with E-state index in [9.17, 15) is 5.11 Å². The van der Waals surface area contributed by atoms with Crippen LogP contribution in [0.3, 0.4) is 0 Å². The zero-order chi connectivity index (χ0) is 17.6. The summed E-state index contributed by atoms with van der Waals surface area (Å²) in [6.07, 6.45) is 2.82. The normalized spacial score (nSPS) is 13.2. The summed E-state index contributed by atoms with van der Waals surface area (Å²) < 4.78 is 1.70. The van der Waals surface area contributed by atoms with E-state index in [0.717, 1.165) is 16.8 Å². The molecule has 3 aromatic rings. The van der Waals surface area contributed by atoms with Crippen LogP contribution in [0.2, 0.25) is 0 Å². The van der Waals surface area contributed by atoms with E-state index in [1.807, 2.05) is 24.3 Å². The Hall–Kier alpha value is -3.01. The van der Waals surface area contributed by atoms with Crippen LogP contribution in [0.4, 0.5) is 0 Å². The molecule has 1 heterocycles. The maximum atomic E-state index is 10.3. The largest absolute Gasteiger partial charge is 0.387 e. The molecule has 0 aliphatic heterocycles. The highest BCUT2D eigenvalue weighted by Crippen LogP contribution is 2.17. The van der Waals surface area contributed by atoms with Gasteiger partial charge in [-0.25, -0.2) is 4.68 Å². The fourth-order valence-electron chi connectivity index (χ4n) is 2.57. The summed E-state index contributed by atoms with van der Waals surface area (Å²) >= 11 is 0. The van der Waals surface area contributed by atoms with Crippen LogP contribution in [0.1, 0.15) is 35.8 Å². The summed E-state index contributed by atoms with van der Waals surface area (Å²) in [4.78, 5) is 0. The van der Waals surface area contributed by atoms with Crippen molar-refractivity contribution < 1.29 is 5.11 Å². The van der Waals surface area contributed by atoms with Gasteiger partial charge in [-0.2, -0.15) is 5.26 Å². The van der Waals surface area contributed by atoms with Crippen LogP contribution in [0, 0.1) is 11.3 Å². The second kappa shape index (κ2) is 7.71. The smallest absolute Gasteiger partial charge is 0.0991 e. The average molecular weight is 333 g/mol. The Morgan fingerprint density at radius 2 is 1.80 bits per heavy atom. The van der Waals surface area contributed by atoms with E-state index < -0.39 is 6.10 Å². The number of hydrogen-bond donors (Lipinski definition) is 2.